The van der Waals surface area contributed by atoms with Crippen LogP contribution in [-0.4, -0.2) is 16.1 Å². The van der Waals surface area contributed by atoms with Crippen molar-refractivity contribution in [2.24, 2.45) is 5.73 Å². The number of benzene rings is 3. The maximum absolute atomic E-state index is 13.0. The van der Waals surface area contributed by atoms with Gasteiger partial charge in [0, 0.05) is 12.1 Å². The van der Waals surface area contributed by atoms with Crippen molar-refractivity contribution in [3.63, 3.8) is 0 Å². The zero-order valence-electron chi connectivity index (χ0n) is 13.9. The minimum Gasteiger partial charge on any atom is -0.330 e. The molecule has 0 atom stereocenters. The molecular weight excluding hydrogens is 310 g/mol. The lowest BCUT2D eigenvalue weighted by Crippen LogP contribution is -2.24. The maximum Gasteiger partial charge on any atom is 0.261 e. The summed E-state index contributed by atoms with van der Waals surface area (Å²) in [4.78, 5) is 17.8. The molecule has 0 aliphatic heterocycles. The molecule has 2 N–H and O–H groups in total. The molecule has 3 aromatic carbocycles. The second kappa shape index (κ2) is 6.49. The molecule has 0 spiro atoms. The molecular formula is C21H19N3O. The van der Waals surface area contributed by atoms with E-state index in [1.807, 2.05) is 42.5 Å². The van der Waals surface area contributed by atoms with Crippen LogP contribution < -0.4 is 11.3 Å². The summed E-state index contributed by atoms with van der Waals surface area (Å²) in [6.45, 7) is 1.10. The topological polar surface area (TPSA) is 60.9 Å². The highest BCUT2D eigenvalue weighted by molar-refractivity contribution is 5.87. The Kier molecular flexibility index (Phi) is 4.04. The monoisotopic (exact) mass is 329 g/mol. The SMILES string of the molecule is NCCCn1c(-c2ccc3ccccc3c2)nc2ccccc2c1=O. The zero-order valence-corrected chi connectivity index (χ0v) is 13.9. The van der Waals surface area contributed by atoms with Gasteiger partial charge in [0.15, 0.2) is 0 Å². The van der Waals surface area contributed by atoms with Gasteiger partial charge in [-0.3, -0.25) is 9.36 Å². The van der Waals surface area contributed by atoms with Gasteiger partial charge < -0.3 is 5.73 Å². The molecule has 4 nitrogen and oxygen atoms in total. The number of nitrogens with two attached hydrogens (primary N) is 1. The van der Waals surface area contributed by atoms with E-state index in [2.05, 4.69) is 24.3 Å². The van der Waals surface area contributed by atoms with Crippen molar-refractivity contribution in [2.45, 2.75) is 13.0 Å². The Morgan fingerprint density at radius 3 is 2.52 bits per heavy atom. The molecule has 4 rings (SSSR count). The van der Waals surface area contributed by atoms with Crippen LogP contribution in [0.1, 0.15) is 6.42 Å². The van der Waals surface area contributed by atoms with Crippen molar-refractivity contribution in [1.82, 2.24) is 9.55 Å². The first-order chi connectivity index (χ1) is 12.3. The van der Waals surface area contributed by atoms with Crippen molar-refractivity contribution in [1.29, 1.82) is 0 Å². The number of aromatic nitrogens is 2. The molecule has 0 fully saturated rings. The lowest BCUT2D eigenvalue weighted by molar-refractivity contribution is 0.632. The van der Waals surface area contributed by atoms with Crippen LogP contribution in [0.15, 0.2) is 71.5 Å². The molecule has 1 aromatic heterocycles. The molecule has 4 aromatic rings. The van der Waals surface area contributed by atoms with Gasteiger partial charge >= 0.3 is 0 Å². The van der Waals surface area contributed by atoms with Crippen LogP contribution in [0, 0.1) is 0 Å². The van der Waals surface area contributed by atoms with E-state index >= 15 is 0 Å². The first kappa shape index (κ1) is 15.5. The summed E-state index contributed by atoms with van der Waals surface area (Å²) in [5, 5.41) is 2.94. The third kappa shape index (κ3) is 2.81. The molecule has 4 heteroatoms. The Bertz CT molecular complexity index is 1110. The van der Waals surface area contributed by atoms with Gasteiger partial charge in [-0.05, 0) is 41.9 Å². The molecule has 0 saturated heterocycles. The summed E-state index contributed by atoms with van der Waals surface area (Å²) in [7, 11) is 0. The Balaban J connectivity index is 1.98. The molecule has 0 amide bonds. The van der Waals surface area contributed by atoms with Crippen LogP contribution >= 0.6 is 0 Å². The summed E-state index contributed by atoms with van der Waals surface area (Å²) < 4.78 is 1.75. The van der Waals surface area contributed by atoms with Gasteiger partial charge in [-0.2, -0.15) is 0 Å². The number of hydrogen-bond acceptors (Lipinski definition) is 3. The van der Waals surface area contributed by atoms with Gasteiger partial charge in [0.2, 0.25) is 0 Å². The van der Waals surface area contributed by atoms with Crippen molar-refractivity contribution in [3.8, 4) is 11.4 Å². The second-order valence-corrected chi connectivity index (χ2v) is 6.11. The number of fused-ring (bicyclic) bond motifs is 2. The molecule has 124 valence electrons. The first-order valence-electron chi connectivity index (χ1n) is 8.47. The summed E-state index contributed by atoms with van der Waals surface area (Å²) in [6, 6.07) is 21.9. The Morgan fingerprint density at radius 1 is 0.920 bits per heavy atom. The summed E-state index contributed by atoms with van der Waals surface area (Å²) >= 11 is 0. The minimum absolute atomic E-state index is 0.0118. The van der Waals surface area contributed by atoms with E-state index in [1.54, 1.807) is 4.57 Å². The Labute approximate surface area is 145 Å². The second-order valence-electron chi connectivity index (χ2n) is 6.11. The summed E-state index contributed by atoms with van der Waals surface area (Å²) in [5.74, 6) is 0.697. The van der Waals surface area contributed by atoms with Gasteiger partial charge in [-0.1, -0.05) is 48.5 Å². The average molecular weight is 329 g/mol. The lowest BCUT2D eigenvalue weighted by Gasteiger charge is -2.14. The van der Waals surface area contributed by atoms with E-state index in [4.69, 9.17) is 10.7 Å². The predicted octanol–water partition coefficient (Wildman–Crippen LogP) is 3.57. The van der Waals surface area contributed by atoms with Crippen molar-refractivity contribution in [3.05, 3.63) is 77.1 Å². The molecule has 0 radical (unpaired) electrons. The van der Waals surface area contributed by atoms with Crippen LogP contribution in [0.25, 0.3) is 33.1 Å². The van der Waals surface area contributed by atoms with E-state index in [1.165, 1.54) is 5.39 Å². The standard InChI is InChI=1S/C21H19N3O/c22-12-5-13-24-20(23-19-9-4-3-8-18(19)21(24)25)17-11-10-15-6-1-2-7-16(15)14-17/h1-4,6-11,14H,5,12-13,22H2. The normalized spacial score (nSPS) is 11.2. The fourth-order valence-electron chi connectivity index (χ4n) is 3.17. The van der Waals surface area contributed by atoms with Crippen molar-refractivity contribution < 1.29 is 0 Å². The number of rotatable bonds is 4. The number of hydrogen-bond donors (Lipinski definition) is 1. The summed E-state index contributed by atoms with van der Waals surface area (Å²) in [6.07, 6.45) is 0.737. The quantitative estimate of drug-likeness (QED) is 0.623. The van der Waals surface area contributed by atoms with Crippen LogP contribution in [0.5, 0.6) is 0 Å². The van der Waals surface area contributed by atoms with E-state index in [-0.39, 0.29) is 5.56 Å². The van der Waals surface area contributed by atoms with Crippen LogP contribution in [0.2, 0.25) is 0 Å². The molecule has 25 heavy (non-hydrogen) atoms. The molecule has 1 heterocycles. The Morgan fingerprint density at radius 2 is 1.68 bits per heavy atom. The maximum atomic E-state index is 13.0. The fourth-order valence-corrected chi connectivity index (χ4v) is 3.17. The lowest BCUT2D eigenvalue weighted by atomic mass is 10.1. The third-order valence-electron chi connectivity index (χ3n) is 4.46. The number of nitrogens with zero attached hydrogens (tertiary/aromatic N) is 2. The highest BCUT2D eigenvalue weighted by atomic mass is 16.1. The van der Waals surface area contributed by atoms with Crippen LogP contribution in [0.3, 0.4) is 0 Å². The molecule has 0 saturated carbocycles. The number of para-hydroxylation sites is 1. The van der Waals surface area contributed by atoms with Gasteiger partial charge in [-0.25, -0.2) is 4.98 Å². The average Bonchev–Trinajstić information content (AvgIpc) is 2.67. The molecule has 0 unspecified atom stereocenters. The van der Waals surface area contributed by atoms with Gasteiger partial charge in [0.05, 0.1) is 10.9 Å². The minimum atomic E-state index is -0.0118. The van der Waals surface area contributed by atoms with Crippen LogP contribution in [0.4, 0.5) is 0 Å². The molecule has 0 bridgehead atoms. The van der Waals surface area contributed by atoms with E-state index in [0.717, 1.165) is 22.9 Å². The van der Waals surface area contributed by atoms with E-state index in [0.29, 0.717) is 24.3 Å². The largest absolute Gasteiger partial charge is 0.330 e. The molecule has 0 aliphatic rings. The molecule has 0 aliphatic carbocycles. The van der Waals surface area contributed by atoms with Crippen LogP contribution in [-0.2, 0) is 6.54 Å². The van der Waals surface area contributed by atoms with Crippen molar-refractivity contribution >= 4 is 21.7 Å². The third-order valence-corrected chi connectivity index (χ3v) is 4.46. The fraction of sp³-hybridized carbons (Fsp3) is 0.143. The zero-order chi connectivity index (χ0) is 17.2. The smallest absolute Gasteiger partial charge is 0.261 e. The van der Waals surface area contributed by atoms with Crippen molar-refractivity contribution in [2.75, 3.05) is 6.54 Å². The summed E-state index contributed by atoms with van der Waals surface area (Å²) in [5.41, 5.74) is 7.32. The highest BCUT2D eigenvalue weighted by Crippen LogP contribution is 2.24. The van der Waals surface area contributed by atoms with Gasteiger partial charge in [-0.15, -0.1) is 0 Å². The van der Waals surface area contributed by atoms with Gasteiger partial charge in [0.1, 0.15) is 5.82 Å². The predicted molar refractivity (Wildman–Crippen MR) is 103 cm³/mol. The van der Waals surface area contributed by atoms with E-state index < -0.39 is 0 Å². The van der Waals surface area contributed by atoms with Gasteiger partial charge in [0.25, 0.3) is 5.56 Å². The van der Waals surface area contributed by atoms with E-state index in [9.17, 15) is 4.79 Å². The highest BCUT2D eigenvalue weighted by Gasteiger charge is 2.12. The first-order valence-corrected chi connectivity index (χ1v) is 8.47. The Hall–Kier alpha value is -2.98.